The van der Waals surface area contributed by atoms with Gasteiger partial charge in [-0.15, -0.1) is 0 Å². The summed E-state index contributed by atoms with van der Waals surface area (Å²) in [5, 5.41) is 2.91. The SMILES string of the molecule is Cc1cc(CNC(=O)c2ccc(C)c(C)c2)nc(N(C)C)n1. The third-order valence-corrected chi connectivity index (χ3v) is 3.49. The Balaban J connectivity index is 2.09. The Morgan fingerprint density at radius 2 is 1.82 bits per heavy atom. The number of nitrogens with one attached hydrogen (secondary N) is 1. The number of nitrogens with zero attached hydrogens (tertiary/aromatic N) is 3. The second-order valence-electron chi connectivity index (χ2n) is 5.68. The average Bonchev–Trinajstić information content (AvgIpc) is 2.47. The third-order valence-electron chi connectivity index (χ3n) is 3.49. The molecule has 2 rings (SSSR count). The van der Waals surface area contributed by atoms with Gasteiger partial charge in [-0.3, -0.25) is 4.79 Å². The highest BCUT2D eigenvalue weighted by molar-refractivity contribution is 5.94. The first-order valence-electron chi connectivity index (χ1n) is 7.24. The molecule has 1 aromatic heterocycles. The second kappa shape index (κ2) is 6.56. The third kappa shape index (κ3) is 3.81. The maximum absolute atomic E-state index is 12.2. The highest BCUT2D eigenvalue weighted by atomic mass is 16.1. The Labute approximate surface area is 131 Å². The molecule has 0 aliphatic heterocycles. The van der Waals surface area contributed by atoms with Gasteiger partial charge < -0.3 is 10.2 Å². The Kier molecular flexibility index (Phi) is 4.75. The average molecular weight is 298 g/mol. The van der Waals surface area contributed by atoms with Crippen LogP contribution in [-0.2, 0) is 6.54 Å². The highest BCUT2D eigenvalue weighted by Crippen LogP contribution is 2.11. The Bertz CT molecular complexity index is 695. The molecule has 1 N–H and O–H groups in total. The summed E-state index contributed by atoms with van der Waals surface area (Å²) >= 11 is 0. The van der Waals surface area contributed by atoms with Crippen molar-refractivity contribution in [3.63, 3.8) is 0 Å². The normalized spacial score (nSPS) is 10.4. The van der Waals surface area contributed by atoms with Gasteiger partial charge in [-0.1, -0.05) is 6.07 Å². The fourth-order valence-corrected chi connectivity index (χ4v) is 2.06. The Hall–Kier alpha value is -2.43. The van der Waals surface area contributed by atoms with Crippen LogP contribution in [-0.4, -0.2) is 30.0 Å². The van der Waals surface area contributed by atoms with E-state index in [0.717, 1.165) is 17.0 Å². The molecule has 0 saturated carbocycles. The maximum atomic E-state index is 12.2. The molecule has 0 aliphatic rings. The molecule has 5 heteroatoms. The first-order chi connectivity index (χ1) is 10.4. The summed E-state index contributed by atoms with van der Waals surface area (Å²) in [4.78, 5) is 22.8. The van der Waals surface area contributed by atoms with Crippen LogP contribution in [0.4, 0.5) is 5.95 Å². The molecule has 1 aromatic carbocycles. The number of amides is 1. The topological polar surface area (TPSA) is 58.1 Å². The fraction of sp³-hybridized carbons (Fsp3) is 0.353. The number of hydrogen-bond acceptors (Lipinski definition) is 4. The number of carbonyl (C=O) groups excluding carboxylic acids is 1. The minimum absolute atomic E-state index is 0.0919. The first-order valence-corrected chi connectivity index (χ1v) is 7.24. The highest BCUT2D eigenvalue weighted by Gasteiger charge is 2.09. The van der Waals surface area contributed by atoms with Crippen LogP contribution in [0.15, 0.2) is 24.3 Å². The molecule has 116 valence electrons. The zero-order chi connectivity index (χ0) is 16.3. The van der Waals surface area contributed by atoms with E-state index in [9.17, 15) is 4.79 Å². The van der Waals surface area contributed by atoms with Crippen molar-refractivity contribution >= 4 is 11.9 Å². The number of benzene rings is 1. The van der Waals surface area contributed by atoms with E-state index in [2.05, 4.69) is 15.3 Å². The zero-order valence-corrected chi connectivity index (χ0v) is 13.8. The van der Waals surface area contributed by atoms with Crippen molar-refractivity contribution < 1.29 is 4.79 Å². The summed E-state index contributed by atoms with van der Waals surface area (Å²) < 4.78 is 0. The smallest absolute Gasteiger partial charge is 0.251 e. The second-order valence-corrected chi connectivity index (χ2v) is 5.68. The van der Waals surface area contributed by atoms with E-state index in [1.807, 2.05) is 64.0 Å². The Morgan fingerprint density at radius 3 is 2.45 bits per heavy atom. The molecule has 0 atom stereocenters. The number of aromatic nitrogens is 2. The lowest BCUT2D eigenvalue weighted by molar-refractivity contribution is 0.0950. The number of carbonyl (C=O) groups is 1. The van der Waals surface area contributed by atoms with E-state index < -0.39 is 0 Å². The molecule has 0 fully saturated rings. The quantitative estimate of drug-likeness (QED) is 0.941. The molecule has 0 radical (unpaired) electrons. The summed E-state index contributed by atoms with van der Waals surface area (Å²) in [6.45, 7) is 6.34. The summed E-state index contributed by atoms with van der Waals surface area (Å²) in [7, 11) is 3.79. The lowest BCUT2D eigenvalue weighted by Gasteiger charge is -2.13. The predicted octanol–water partition coefficient (Wildman–Crippen LogP) is 2.40. The van der Waals surface area contributed by atoms with Gasteiger partial charge in [-0.05, 0) is 50.1 Å². The molecule has 22 heavy (non-hydrogen) atoms. The van der Waals surface area contributed by atoms with Gasteiger partial charge in [0.05, 0.1) is 12.2 Å². The summed E-state index contributed by atoms with van der Waals surface area (Å²) in [5.74, 6) is 0.557. The lowest BCUT2D eigenvalue weighted by atomic mass is 10.1. The van der Waals surface area contributed by atoms with Crippen LogP contribution in [0.1, 0.15) is 32.9 Å². The van der Waals surface area contributed by atoms with Crippen molar-refractivity contribution in [2.75, 3.05) is 19.0 Å². The fourth-order valence-electron chi connectivity index (χ4n) is 2.06. The van der Waals surface area contributed by atoms with E-state index in [-0.39, 0.29) is 5.91 Å². The van der Waals surface area contributed by atoms with Crippen molar-refractivity contribution in [2.24, 2.45) is 0 Å². The van der Waals surface area contributed by atoms with Gasteiger partial charge in [0.15, 0.2) is 0 Å². The van der Waals surface area contributed by atoms with Gasteiger partial charge in [0.1, 0.15) is 0 Å². The van der Waals surface area contributed by atoms with Crippen LogP contribution in [0.25, 0.3) is 0 Å². The standard InChI is InChI=1S/C17H22N4O/c1-11-6-7-14(8-12(11)2)16(22)18-10-15-9-13(3)19-17(20-15)21(4)5/h6-9H,10H2,1-5H3,(H,18,22). The van der Waals surface area contributed by atoms with Crippen molar-refractivity contribution in [2.45, 2.75) is 27.3 Å². The van der Waals surface area contributed by atoms with Gasteiger partial charge >= 0.3 is 0 Å². The van der Waals surface area contributed by atoms with Crippen molar-refractivity contribution in [1.29, 1.82) is 0 Å². The molecule has 0 unspecified atom stereocenters. The first kappa shape index (κ1) is 15.9. The van der Waals surface area contributed by atoms with Crippen LogP contribution < -0.4 is 10.2 Å². The van der Waals surface area contributed by atoms with Gasteiger partial charge in [-0.25, -0.2) is 9.97 Å². The molecule has 1 heterocycles. The largest absolute Gasteiger partial charge is 0.347 e. The summed E-state index contributed by atoms with van der Waals surface area (Å²) in [6, 6.07) is 7.59. The molecule has 0 saturated heterocycles. The van der Waals surface area contributed by atoms with Crippen LogP contribution in [0.3, 0.4) is 0 Å². The molecular formula is C17H22N4O. The van der Waals surface area contributed by atoms with Crippen LogP contribution in [0.2, 0.25) is 0 Å². The number of hydrogen-bond donors (Lipinski definition) is 1. The van der Waals surface area contributed by atoms with Crippen LogP contribution >= 0.6 is 0 Å². The Morgan fingerprint density at radius 1 is 1.09 bits per heavy atom. The minimum Gasteiger partial charge on any atom is -0.347 e. The molecule has 0 bridgehead atoms. The van der Waals surface area contributed by atoms with Crippen LogP contribution in [0.5, 0.6) is 0 Å². The number of rotatable bonds is 4. The lowest BCUT2D eigenvalue weighted by Crippen LogP contribution is -2.24. The zero-order valence-electron chi connectivity index (χ0n) is 13.8. The monoisotopic (exact) mass is 298 g/mol. The number of anilines is 1. The van der Waals surface area contributed by atoms with E-state index in [1.165, 1.54) is 5.56 Å². The van der Waals surface area contributed by atoms with E-state index >= 15 is 0 Å². The minimum atomic E-state index is -0.0919. The van der Waals surface area contributed by atoms with Crippen molar-refractivity contribution in [1.82, 2.24) is 15.3 Å². The van der Waals surface area contributed by atoms with Gasteiger partial charge in [0.2, 0.25) is 5.95 Å². The molecule has 1 amide bonds. The predicted molar refractivity (Wildman–Crippen MR) is 88.2 cm³/mol. The van der Waals surface area contributed by atoms with Crippen LogP contribution in [0, 0.1) is 20.8 Å². The molecular weight excluding hydrogens is 276 g/mol. The van der Waals surface area contributed by atoms with Crippen molar-refractivity contribution in [3.8, 4) is 0 Å². The molecule has 0 spiro atoms. The van der Waals surface area contributed by atoms with Gasteiger partial charge in [-0.2, -0.15) is 0 Å². The van der Waals surface area contributed by atoms with E-state index in [4.69, 9.17) is 0 Å². The summed E-state index contributed by atoms with van der Waals surface area (Å²) in [6.07, 6.45) is 0. The van der Waals surface area contributed by atoms with Gasteiger partial charge in [0.25, 0.3) is 5.91 Å². The van der Waals surface area contributed by atoms with E-state index in [1.54, 1.807) is 0 Å². The molecule has 2 aromatic rings. The van der Waals surface area contributed by atoms with E-state index in [0.29, 0.717) is 18.1 Å². The molecule has 0 aliphatic carbocycles. The van der Waals surface area contributed by atoms with Gasteiger partial charge in [0, 0.05) is 25.4 Å². The maximum Gasteiger partial charge on any atom is 0.251 e. The van der Waals surface area contributed by atoms with Crippen molar-refractivity contribution in [3.05, 3.63) is 52.3 Å². The number of aryl methyl sites for hydroxylation is 3. The summed E-state index contributed by atoms with van der Waals surface area (Å²) in [5.41, 5.74) is 4.64. The molecule has 5 nitrogen and oxygen atoms in total.